The molecule has 3 aromatic rings. The summed E-state index contributed by atoms with van der Waals surface area (Å²) < 4.78 is 0. The first-order valence-electron chi connectivity index (χ1n) is 6.07. The van der Waals surface area contributed by atoms with Gasteiger partial charge in [0.05, 0.1) is 11.0 Å². The van der Waals surface area contributed by atoms with Crippen LogP contribution in [0.5, 0.6) is 0 Å². The minimum absolute atomic E-state index is 0. The van der Waals surface area contributed by atoms with E-state index in [1.54, 1.807) is 0 Å². The van der Waals surface area contributed by atoms with Crippen molar-refractivity contribution in [2.45, 2.75) is 0 Å². The molecule has 10 heteroatoms. The third kappa shape index (κ3) is 3.24. The minimum Gasteiger partial charge on any atom is -0.477 e. The van der Waals surface area contributed by atoms with Gasteiger partial charge in [0.15, 0.2) is 10.9 Å². The Morgan fingerprint density at radius 1 is 0.750 bits per heavy atom. The molecular weight excluding hydrogens is 331 g/mol. The van der Waals surface area contributed by atoms with E-state index in [4.69, 9.17) is 10.2 Å². The predicted molar refractivity (Wildman–Crippen MR) is 80.2 cm³/mol. The van der Waals surface area contributed by atoms with E-state index in [0.717, 1.165) is 12.1 Å². The second-order valence-corrected chi connectivity index (χ2v) is 4.65. The Balaban J connectivity index is 0.00000144. The van der Waals surface area contributed by atoms with Gasteiger partial charge in [0, 0.05) is 22.9 Å². The zero-order chi connectivity index (χ0) is 16.0. The topological polar surface area (TPSA) is 172 Å². The number of H-pyrrole nitrogens is 2. The Kier molecular flexibility index (Phi) is 5.69. The maximum absolute atomic E-state index is 12.0. The molecule has 1 aromatic carbocycles. The number of aromatic nitrogens is 2. The van der Waals surface area contributed by atoms with Crippen LogP contribution in [0, 0.1) is 0 Å². The summed E-state index contributed by atoms with van der Waals surface area (Å²) in [6.07, 6.45) is 0. The largest absolute Gasteiger partial charge is 1.00 e. The van der Waals surface area contributed by atoms with Crippen molar-refractivity contribution in [2.24, 2.45) is 0 Å². The van der Waals surface area contributed by atoms with Gasteiger partial charge in [-0.1, -0.05) is 0 Å². The summed E-state index contributed by atoms with van der Waals surface area (Å²) in [7, 11) is 0. The van der Waals surface area contributed by atoms with Crippen molar-refractivity contribution in [3.8, 4) is 0 Å². The molecule has 0 bridgehead atoms. The van der Waals surface area contributed by atoms with Gasteiger partial charge in [0.2, 0.25) is 0 Å². The van der Waals surface area contributed by atoms with E-state index in [2.05, 4.69) is 9.97 Å². The molecule has 6 N–H and O–H groups in total. The average molecular weight is 341 g/mol. The Morgan fingerprint density at radius 3 is 1.38 bits per heavy atom. The van der Waals surface area contributed by atoms with Gasteiger partial charge in [-0.05, 0) is 12.1 Å². The van der Waals surface area contributed by atoms with Gasteiger partial charge in [-0.15, -0.1) is 0 Å². The standard InChI is InChI=1S/C14H8N2O6.Na.H2O/c17-11-3-10(14(21)22)16-8-2-6-7(1-5(8)11)15-9(13(19)20)4-12(6)18;;/h1-4H,(H,15,18)(H,16,17)(H,19,20)(H,21,22);;1H2/q;+1;. The first kappa shape index (κ1) is 19.6. The molecule has 24 heavy (non-hydrogen) atoms. The van der Waals surface area contributed by atoms with Crippen LogP contribution in [0.15, 0.2) is 33.9 Å². The zero-order valence-electron chi connectivity index (χ0n) is 12.3. The summed E-state index contributed by atoms with van der Waals surface area (Å²) in [5.41, 5.74) is -1.31. The van der Waals surface area contributed by atoms with Gasteiger partial charge in [-0.3, -0.25) is 9.59 Å². The molecule has 118 valence electrons. The molecular formula is C14H10N2NaO7+. The Morgan fingerprint density at radius 2 is 1.08 bits per heavy atom. The second kappa shape index (κ2) is 6.97. The summed E-state index contributed by atoms with van der Waals surface area (Å²) >= 11 is 0. The number of aromatic amines is 2. The number of benzene rings is 1. The first-order chi connectivity index (χ1) is 10.4. The van der Waals surface area contributed by atoms with Gasteiger partial charge < -0.3 is 25.7 Å². The van der Waals surface area contributed by atoms with Crippen LogP contribution in [-0.4, -0.2) is 37.6 Å². The van der Waals surface area contributed by atoms with Crippen LogP contribution in [0.4, 0.5) is 0 Å². The van der Waals surface area contributed by atoms with Crippen molar-refractivity contribution in [3.63, 3.8) is 0 Å². The van der Waals surface area contributed by atoms with Crippen LogP contribution in [0.1, 0.15) is 21.0 Å². The van der Waals surface area contributed by atoms with Gasteiger partial charge in [0.1, 0.15) is 11.4 Å². The number of fused-ring (bicyclic) bond motifs is 2. The first-order valence-corrected chi connectivity index (χ1v) is 6.07. The maximum Gasteiger partial charge on any atom is 1.00 e. The summed E-state index contributed by atoms with van der Waals surface area (Å²) in [6.45, 7) is 0. The molecule has 0 aliphatic rings. The van der Waals surface area contributed by atoms with E-state index in [1.165, 1.54) is 12.1 Å². The predicted octanol–water partition coefficient (Wildman–Crippen LogP) is -3.05. The fourth-order valence-corrected chi connectivity index (χ4v) is 2.22. The van der Waals surface area contributed by atoms with Crippen molar-refractivity contribution in [3.05, 3.63) is 56.1 Å². The van der Waals surface area contributed by atoms with Crippen LogP contribution in [0.2, 0.25) is 0 Å². The minimum atomic E-state index is -1.30. The molecule has 3 rings (SSSR count). The number of carboxylic acids is 2. The molecule has 2 aromatic heterocycles. The maximum atomic E-state index is 12.0. The molecule has 0 aliphatic heterocycles. The van der Waals surface area contributed by atoms with Crippen LogP contribution < -0.4 is 40.4 Å². The molecule has 0 saturated carbocycles. The van der Waals surface area contributed by atoms with Crippen LogP contribution >= 0.6 is 0 Å². The van der Waals surface area contributed by atoms with Crippen molar-refractivity contribution in [2.75, 3.05) is 0 Å². The average Bonchev–Trinajstić information content (AvgIpc) is 2.45. The second-order valence-electron chi connectivity index (χ2n) is 4.65. The fraction of sp³-hybridized carbons (Fsp3) is 0. The zero-order valence-corrected chi connectivity index (χ0v) is 14.3. The smallest absolute Gasteiger partial charge is 0.477 e. The van der Waals surface area contributed by atoms with E-state index < -0.39 is 22.8 Å². The summed E-state index contributed by atoms with van der Waals surface area (Å²) in [5.74, 6) is -2.59. The molecule has 0 saturated heterocycles. The number of hydrogen-bond donors (Lipinski definition) is 4. The van der Waals surface area contributed by atoms with Gasteiger partial charge in [-0.2, -0.15) is 0 Å². The molecule has 0 amide bonds. The molecule has 0 fully saturated rings. The molecule has 9 nitrogen and oxygen atoms in total. The van der Waals surface area contributed by atoms with Gasteiger partial charge in [-0.25, -0.2) is 9.59 Å². The van der Waals surface area contributed by atoms with Crippen LogP contribution in [-0.2, 0) is 0 Å². The van der Waals surface area contributed by atoms with Gasteiger partial charge >= 0.3 is 41.5 Å². The van der Waals surface area contributed by atoms with Crippen molar-refractivity contribution >= 4 is 33.7 Å². The number of aromatic carboxylic acids is 2. The van der Waals surface area contributed by atoms with E-state index in [0.29, 0.717) is 0 Å². The summed E-state index contributed by atoms with van der Waals surface area (Å²) in [5, 5.41) is 18.2. The van der Waals surface area contributed by atoms with Gasteiger partial charge in [0.25, 0.3) is 0 Å². The summed E-state index contributed by atoms with van der Waals surface area (Å²) in [6, 6.07) is 4.50. The molecule has 0 atom stereocenters. The SMILES string of the molecule is O.O=C(O)c1cc(=O)c2cc3[nH]c(C(=O)O)cc(=O)c3cc2[nH]1.[Na+]. The summed E-state index contributed by atoms with van der Waals surface area (Å²) in [4.78, 5) is 50.9. The number of pyridine rings is 2. The molecule has 0 spiro atoms. The van der Waals surface area contributed by atoms with E-state index in [9.17, 15) is 19.2 Å². The van der Waals surface area contributed by atoms with Crippen molar-refractivity contribution in [1.29, 1.82) is 0 Å². The quantitative estimate of drug-likeness (QED) is 0.285. The Hall–Kier alpha value is -2.46. The number of rotatable bonds is 2. The molecule has 2 heterocycles. The van der Waals surface area contributed by atoms with E-state index in [-0.39, 0.29) is 68.2 Å². The number of nitrogens with one attached hydrogen (secondary N) is 2. The van der Waals surface area contributed by atoms with Crippen molar-refractivity contribution in [1.82, 2.24) is 9.97 Å². The van der Waals surface area contributed by atoms with Crippen LogP contribution in [0.3, 0.4) is 0 Å². The third-order valence-electron chi connectivity index (χ3n) is 3.24. The monoisotopic (exact) mass is 341 g/mol. The number of hydrogen-bond acceptors (Lipinski definition) is 4. The molecule has 0 unspecified atom stereocenters. The van der Waals surface area contributed by atoms with E-state index in [1.807, 2.05) is 0 Å². The third-order valence-corrected chi connectivity index (χ3v) is 3.24. The normalized spacial score (nSPS) is 10.0. The van der Waals surface area contributed by atoms with Crippen molar-refractivity contribution < 1.29 is 54.8 Å². The molecule has 0 radical (unpaired) electrons. The Bertz CT molecular complexity index is 997. The van der Waals surface area contributed by atoms with E-state index >= 15 is 0 Å². The number of carboxylic acid groups (broad SMARTS) is 2. The number of carbonyl (C=O) groups is 2. The Labute approximate surface area is 154 Å². The fourth-order valence-electron chi connectivity index (χ4n) is 2.22. The molecule has 0 aliphatic carbocycles. The van der Waals surface area contributed by atoms with Crippen LogP contribution in [0.25, 0.3) is 21.8 Å².